The topological polar surface area (TPSA) is 40.9 Å². The molecule has 0 aliphatic carbocycles. The van der Waals surface area contributed by atoms with E-state index in [1.165, 1.54) is 5.56 Å². The highest BCUT2D eigenvalue weighted by Gasteiger charge is 2.22. The third-order valence-electron chi connectivity index (χ3n) is 3.54. The molecule has 0 saturated heterocycles. The summed E-state index contributed by atoms with van der Waals surface area (Å²) in [6.45, 7) is 4.00. The largest absolute Gasteiger partial charge is 0.292 e. The van der Waals surface area contributed by atoms with Gasteiger partial charge in [0.25, 0.3) is 0 Å². The zero-order valence-electron chi connectivity index (χ0n) is 11.8. The average Bonchev–Trinajstić information content (AvgIpc) is 2.50. The van der Waals surface area contributed by atoms with Gasteiger partial charge < -0.3 is 0 Å². The Bertz CT molecular complexity index is 650. The van der Waals surface area contributed by atoms with Crippen LogP contribution in [0.1, 0.15) is 39.9 Å². The van der Waals surface area contributed by atoms with Crippen molar-refractivity contribution >= 4 is 5.78 Å². The molecule has 2 aromatic carbocycles. The fourth-order valence-electron chi connectivity index (χ4n) is 2.25. The Balaban J connectivity index is 2.35. The minimum Gasteiger partial charge on any atom is -0.292 e. The zero-order valence-corrected chi connectivity index (χ0v) is 11.8. The molecule has 0 aliphatic heterocycles. The van der Waals surface area contributed by atoms with Gasteiger partial charge in [-0.1, -0.05) is 55.5 Å². The molecule has 0 aromatic heterocycles. The number of aryl methyl sites for hydroxylation is 2. The minimum absolute atomic E-state index is 0.135. The van der Waals surface area contributed by atoms with E-state index in [-0.39, 0.29) is 5.78 Å². The van der Waals surface area contributed by atoms with Crippen LogP contribution in [-0.2, 0) is 6.42 Å². The molecule has 0 fully saturated rings. The van der Waals surface area contributed by atoms with Gasteiger partial charge in [0.15, 0.2) is 5.78 Å². The van der Waals surface area contributed by atoms with Crippen molar-refractivity contribution < 1.29 is 4.79 Å². The fourth-order valence-corrected chi connectivity index (χ4v) is 2.25. The molecule has 2 aromatic rings. The molecule has 2 heteroatoms. The van der Waals surface area contributed by atoms with Crippen LogP contribution in [0.15, 0.2) is 48.5 Å². The molecular weight excluding hydrogens is 246 g/mol. The van der Waals surface area contributed by atoms with Crippen molar-refractivity contribution in [1.29, 1.82) is 5.26 Å². The van der Waals surface area contributed by atoms with E-state index in [0.29, 0.717) is 5.56 Å². The number of benzene rings is 2. The summed E-state index contributed by atoms with van der Waals surface area (Å²) in [5, 5.41) is 9.37. The maximum absolute atomic E-state index is 12.5. The molecule has 1 unspecified atom stereocenters. The standard InChI is InChI=1S/C18H17NO/c1-3-14-8-10-15(11-9-14)18(20)17(12-19)16-7-5-4-6-13(16)2/h4-11,17H,3H2,1-2H3. The molecule has 2 nitrogen and oxygen atoms in total. The molecule has 0 heterocycles. The Morgan fingerprint density at radius 1 is 1.15 bits per heavy atom. The van der Waals surface area contributed by atoms with Crippen LogP contribution in [0.4, 0.5) is 0 Å². The molecule has 0 saturated carbocycles. The zero-order chi connectivity index (χ0) is 14.5. The van der Waals surface area contributed by atoms with Gasteiger partial charge in [0.2, 0.25) is 0 Å². The Morgan fingerprint density at radius 2 is 1.80 bits per heavy atom. The lowest BCUT2D eigenvalue weighted by Crippen LogP contribution is -2.12. The first-order valence-electron chi connectivity index (χ1n) is 6.75. The molecule has 0 radical (unpaired) electrons. The van der Waals surface area contributed by atoms with E-state index >= 15 is 0 Å². The molecule has 20 heavy (non-hydrogen) atoms. The molecule has 0 spiro atoms. The SMILES string of the molecule is CCc1ccc(C(=O)C(C#N)c2ccccc2C)cc1. The molecule has 2 rings (SSSR count). The van der Waals surface area contributed by atoms with E-state index in [9.17, 15) is 10.1 Å². The predicted octanol–water partition coefficient (Wildman–Crippen LogP) is 4.05. The fraction of sp³-hybridized carbons (Fsp3) is 0.222. The molecular formula is C18H17NO. The van der Waals surface area contributed by atoms with E-state index < -0.39 is 5.92 Å². The van der Waals surface area contributed by atoms with Crippen molar-refractivity contribution in [3.63, 3.8) is 0 Å². The second kappa shape index (κ2) is 6.16. The van der Waals surface area contributed by atoms with E-state index in [1.54, 1.807) is 0 Å². The summed E-state index contributed by atoms with van der Waals surface area (Å²) in [4.78, 5) is 12.5. The van der Waals surface area contributed by atoms with Crippen LogP contribution in [0, 0.1) is 18.3 Å². The lowest BCUT2D eigenvalue weighted by Gasteiger charge is -2.11. The number of hydrogen-bond acceptors (Lipinski definition) is 2. The van der Waals surface area contributed by atoms with E-state index in [2.05, 4.69) is 13.0 Å². The van der Waals surface area contributed by atoms with Crippen molar-refractivity contribution in [1.82, 2.24) is 0 Å². The number of hydrogen-bond donors (Lipinski definition) is 0. The molecule has 0 aliphatic rings. The van der Waals surface area contributed by atoms with E-state index in [1.807, 2.05) is 55.5 Å². The number of Topliss-reactive ketones (excluding diaryl/α,β-unsaturated/α-hetero) is 1. The summed E-state index contributed by atoms with van der Waals surface area (Å²) >= 11 is 0. The van der Waals surface area contributed by atoms with Gasteiger partial charge in [-0.3, -0.25) is 4.79 Å². The summed E-state index contributed by atoms with van der Waals surface area (Å²) < 4.78 is 0. The van der Waals surface area contributed by atoms with Crippen LogP contribution in [0.5, 0.6) is 0 Å². The van der Waals surface area contributed by atoms with Crippen LogP contribution in [0.3, 0.4) is 0 Å². The lowest BCUT2D eigenvalue weighted by atomic mass is 9.89. The van der Waals surface area contributed by atoms with Crippen molar-refractivity contribution in [3.05, 3.63) is 70.8 Å². The third kappa shape index (κ3) is 2.78. The highest BCUT2D eigenvalue weighted by atomic mass is 16.1. The summed E-state index contributed by atoms with van der Waals surface area (Å²) in [5.74, 6) is -0.867. The van der Waals surface area contributed by atoms with E-state index in [0.717, 1.165) is 17.5 Å². The number of carbonyl (C=O) groups excluding carboxylic acids is 1. The summed E-state index contributed by atoms with van der Waals surface area (Å²) in [6, 6.07) is 17.2. The maximum atomic E-state index is 12.5. The first-order chi connectivity index (χ1) is 9.67. The van der Waals surface area contributed by atoms with Gasteiger partial charge in [0.1, 0.15) is 5.92 Å². The van der Waals surface area contributed by atoms with Crippen LogP contribution in [-0.4, -0.2) is 5.78 Å². The number of rotatable bonds is 4. The number of ketones is 1. The van der Waals surface area contributed by atoms with Gasteiger partial charge in [-0.2, -0.15) is 5.26 Å². The number of nitrogens with zero attached hydrogens (tertiary/aromatic N) is 1. The molecule has 100 valence electrons. The van der Waals surface area contributed by atoms with Gasteiger partial charge in [-0.15, -0.1) is 0 Å². The van der Waals surface area contributed by atoms with Gasteiger partial charge in [-0.05, 0) is 30.0 Å². The number of nitriles is 1. The quantitative estimate of drug-likeness (QED) is 0.781. The van der Waals surface area contributed by atoms with Crippen LogP contribution in [0.25, 0.3) is 0 Å². The Morgan fingerprint density at radius 3 is 2.35 bits per heavy atom. The van der Waals surface area contributed by atoms with Crippen LogP contribution >= 0.6 is 0 Å². The average molecular weight is 263 g/mol. The lowest BCUT2D eigenvalue weighted by molar-refractivity contribution is 0.0978. The van der Waals surface area contributed by atoms with Crippen LogP contribution in [0.2, 0.25) is 0 Å². The third-order valence-corrected chi connectivity index (χ3v) is 3.54. The second-order valence-corrected chi connectivity index (χ2v) is 4.83. The van der Waals surface area contributed by atoms with Crippen molar-refractivity contribution in [3.8, 4) is 6.07 Å². The minimum atomic E-state index is -0.733. The summed E-state index contributed by atoms with van der Waals surface area (Å²) in [7, 11) is 0. The Kier molecular flexibility index (Phi) is 4.32. The van der Waals surface area contributed by atoms with E-state index in [4.69, 9.17) is 0 Å². The predicted molar refractivity (Wildman–Crippen MR) is 79.7 cm³/mol. The molecule has 0 N–H and O–H groups in total. The van der Waals surface area contributed by atoms with Gasteiger partial charge >= 0.3 is 0 Å². The van der Waals surface area contributed by atoms with Crippen molar-refractivity contribution in [2.45, 2.75) is 26.2 Å². The highest BCUT2D eigenvalue weighted by molar-refractivity contribution is 6.02. The monoisotopic (exact) mass is 263 g/mol. The van der Waals surface area contributed by atoms with Gasteiger partial charge in [0.05, 0.1) is 6.07 Å². The summed E-state index contributed by atoms with van der Waals surface area (Å²) in [6.07, 6.45) is 0.938. The van der Waals surface area contributed by atoms with Crippen molar-refractivity contribution in [2.75, 3.05) is 0 Å². The maximum Gasteiger partial charge on any atom is 0.184 e. The van der Waals surface area contributed by atoms with Crippen molar-refractivity contribution in [2.24, 2.45) is 0 Å². The van der Waals surface area contributed by atoms with Gasteiger partial charge in [0, 0.05) is 5.56 Å². The first kappa shape index (κ1) is 14.0. The molecule has 0 bridgehead atoms. The second-order valence-electron chi connectivity index (χ2n) is 4.83. The normalized spacial score (nSPS) is 11.7. The smallest absolute Gasteiger partial charge is 0.184 e. The number of carbonyl (C=O) groups is 1. The first-order valence-corrected chi connectivity index (χ1v) is 6.75. The molecule has 1 atom stereocenters. The van der Waals surface area contributed by atoms with Crippen LogP contribution < -0.4 is 0 Å². The van der Waals surface area contributed by atoms with Gasteiger partial charge in [-0.25, -0.2) is 0 Å². The summed E-state index contributed by atoms with van der Waals surface area (Å²) in [5.41, 5.74) is 3.54. The Hall–Kier alpha value is -2.40. The Labute approximate surface area is 119 Å². The highest BCUT2D eigenvalue weighted by Crippen LogP contribution is 2.23. The molecule has 0 amide bonds.